The van der Waals surface area contributed by atoms with Crippen LogP contribution in [0, 0.1) is 17.6 Å². The highest BCUT2D eigenvalue weighted by molar-refractivity contribution is 5.28. The maximum Gasteiger partial charge on any atom is 0.126 e. The predicted molar refractivity (Wildman–Crippen MR) is 73.6 cm³/mol. The zero-order valence-electron chi connectivity index (χ0n) is 11.7. The third-order valence-corrected chi connectivity index (χ3v) is 5.55. The van der Waals surface area contributed by atoms with Crippen LogP contribution in [0.2, 0.25) is 0 Å². The van der Waals surface area contributed by atoms with E-state index in [4.69, 9.17) is 0 Å². The quantitative estimate of drug-likeness (QED) is 0.778. The van der Waals surface area contributed by atoms with Crippen LogP contribution in [0.4, 0.5) is 8.78 Å². The molecule has 0 amide bonds. The molecule has 5 rings (SSSR count). The largest absolute Gasteiger partial charge is 0.301 e. The molecule has 0 spiro atoms. The number of hydrogen-bond donors (Lipinski definition) is 0. The molecule has 4 aliphatic rings. The molecule has 4 saturated heterocycles. The van der Waals surface area contributed by atoms with Gasteiger partial charge in [-0.2, -0.15) is 0 Å². The van der Waals surface area contributed by atoms with Gasteiger partial charge >= 0.3 is 0 Å². The highest BCUT2D eigenvalue weighted by Crippen LogP contribution is 2.45. The van der Waals surface area contributed by atoms with Crippen molar-refractivity contribution in [1.29, 1.82) is 0 Å². The van der Waals surface area contributed by atoms with E-state index in [0.717, 1.165) is 37.2 Å². The first-order valence-corrected chi connectivity index (χ1v) is 7.54. The minimum atomic E-state index is -0.456. The van der Waals surface area contributed by atoms with Gasteiger partial charge in [-0.05, 0) is 56.6 Å². The smallest absolute Gasteiger partial charge is 0.126 e. The van der Waals surface area contributed by atoms with Crippen LogP contribution in [0.5, 0.6) is 0 Å². The average Bonchev–Trinajstić information content (AvgIpc) is 2.79. The van der Waals surface area contributed by atoms with Gasteiger partial charge in [0.05, 0.1) is 0 Å². The Morgan fingerprint density at radius 1 is 1.00 bits per heavy atom. The molecule has 1 aromatic carbocycles. The van der Waals surface area contributed by atoms with Gasteiger partial charge in [-0.25, -0.2) is 8.78 Å². The van der Waals surface area contributed by atoms with E-state index in [1.807, 2.05) is 0 Å². The lowest BCUT2D eigenvalue weighted by molar-refractivity contribution is 0.000171. The summed E-state index contributed by atoms with van der Waals surface area (Å²) in [5.74, 6) is 0.0841. The number of fused-ring (bicyclic) bond motifs is 2. The number of piperidine rings is 3. The van der Waals surface area contributed by atoms with E-state index in [1.54, 1.807) is 0 Å². The molecule has 0 aliphatic carbocycles. The summed E-state index contributed by atoms with van der Waals surface area (Å²) in [6.45, 7) is 3.20. The molecule has 2 bridgehead atoms. The number of likely N-dealkylation sites (tertiary alicyclic amines) is 1. The summed E-state index contributed by atoms with van der Waals surface area (Å²) in [5, 5.41) is 0. The lowest BCUT2D eigenvalue weighted by Crippen LogP contribution is -2.59. The zero-order valence-corrected chi connectivity index (χ0v) is 11.7. The van der Waals surface area contributed by atoms with Gasteiger partial charge < -0.3 is 4.90 Å². The number of likely N-dealkylation sites (N-methyl/N-ethyl adjacent to an activating group) is 1. The molecule has 3 atom stereocenters. The van der Waals surface area contributed by atoms with Gasteiger partial charge in [0.2, 0.25) is 0 Å². The van der Waals surface area contributed by atoms with E-state index >= 15 is 0 Å². The maximum absolute atomic E-state index is 13.5. The van der Waals surface area contributed by atoms with Gasteiger partial charge in [0, 0.05) is 30.6 Å². The SMILES string of the molecule is CN1C[C@H](c2cc(F)cc(F)c2)[C@@H]2[C@H]1C1CCN2CC1. The third-order valence-electron chi connectivity index (χ3n) is 5.55. The molecule has 4 heterocycles. The molecule has 108 valence electrons. The Bertz CT molecular complexity index is 505. The van der Waals surface area contributed by atoms with Crippen LogP contribution in [0.1, 0.15) is 24.3 Å². The van der Waals surface area contributed by atoms with E-state index in [1.165, 1.54) is 25.0 Å². The van der Waals surface area contributed by atoms with Gasteiger partial charge in [0.25, 0.3) is 0 Å². The molecule has 4 aliphatic heterocycles. The van der Waals surface area contributed by atoms with E-state index < -0.39 is 11.6 Å². The number of rotatable bonds is 1. The Morgan fingerprint density at radius 2 is 1.65 bits per heavy atom. The lowest BCUT2D eigenvalue weighted by Gasteiger charge is -2.51. The summed E-state index contributed by atoms with van der Waals surface area (Å²) < 4.78 is 27.0. The molecule has 1 aromatic rings. The van der Waals surface area contributed by atoms with Crippen LogP contribution in [-0.4, -0.2) is 48.6 Å². The van der Waals surface area contributed by atoms with Gasteiger partial charge in [0.1, 0.15) is 11.6 Å². The Balaban J connectivity index is 1.72. The summed E-state index contributed by atoms with van der Waals surface area (Å²) in [4.78, 5) is 4.95. The predicted octanol–water partition coefficient (Wildman–Crippen LogP) is 2.46. The van der Waals surface area contributed by atoms with E-state index in [9.17, 15) is 8.78 Å². The summed E-state index contributed by atoms with van der Waals surface area (Å²) >= 11 is 0. The lowest BCUT2D eigenvalue weighted by atomic mass is 9.75. The second-order valence-electron chi connectivity index (χ2n) is 6.60. The molecule has 4 fully saturated rings. The second kappa shape index (κ2) is 4.50. The molecule has 4 heteroatoms. The van der Waals surface area contributed by atoms with Crippen molar-refractivity contribution in [1.82, 2.24) is 9.80 Å². The minimum absolute atomic E-state index is 0.235. The Kier molecular flexibility index (Phi) is 2.86. The van der Waals surface area contributed by atoms with E-state index in [0.29, 0.717) is 12.1 Å². The molecule has 20 heavy (non-hydrogen) atoms. The standard InChI is InChI=1S/C16H20F2N2/c1-19-9-14(11-6-12(17)8-13(18)7-11)16-15(19)10-2-4-20(16)5-3-10/h6-8,10,14-16H,2-5,9H2,1H3/t14-,15-,16-/m1/s1. The molecule has 0 unspecified atom stereocenters. The highest BCUT2D eigenvalue weighted by Gasteiger charge is 2.52. The van der Waals surface area contributed by atoms with E-state index in [-0.39, 0.29) is 5.92 Å². The Labute approximate surface area is 118 Å². The van der Waals surface area contributed by atoms with Crippen molar-refractivity contribution in [2.45, 2.75) is 30.8 Å². The first kappa shape index (κ1) is 12.7. The first-order valence-electron chi connectivity index (χ1n) is 7.54. The number of halogens is 2. The topological polar surface area (TPSA) is 6.48 Å². The van der Waals surface area contributed by atoms with Crippen molar-refractivity contribution >= 4 is 0 Å². The summed E-state index contributed by atoms with van der Waals surface area (Å²) in [6.07, 6.45) is 2.55. The molecule has 0 radical (unpaired) electrons. The van der Waals surface area contributed by atoms with E-state index in [2.05, 4.69) is 16.8 Å². The second-order valence-corrected chi connectivity index (χ2v) is 6.60. The molecule has 0 aromatic heterocycles. The van der Waals surface area contributed by atoms with Crippen molar-refractivity contribution in [3.63, 3.8) is 0 Å². The van der Waals surface area contributed by atoms with Crippen molar-refractivity contribution < 1.29 is 8.78 Å². The fraction of sp³-hybridized carbons (Fsp3) is 0.625. The summed E-state index contributed by atoms with van der Waals surface area (Å²) in [6, 6.07) is 5.01. The van der Waals surface area contributed by atoms with Gasteiger partial charge in [-0.1, -0.05) is 0 Å². The average molecular weight is 278 g/mol. The summed E-state index contributed by atoms with van der Waals surface area (Å²) in [5.41, 5.74) is 0.828. The number of nitrogens with zero attached hydrogens (tertiary/aromatic N) is 2. The minimum Gasteiger partial charge on any atom is -0.301 e. The van der Waals surface area contributed by atoms with Crippen molar-refractivity contribution in [3.8, 4) is 0 Å². The molecule has 0 saturated carbocycles. The monoisotopic (exact) mass is 278 g/mol. The highest BCUT2D eigenvalue weighted by atomic mass is 19.1. The van der Waals surface area contributed by atoms with Gasteiger partial charge in [-0.3, -0.25) is 4.90 Å². The van der Waals surface area contributed by atoms with Crippen LogP contribution < -0.4 is 0 Å². The normalized spacial score (nSPS) is 40.0. The maximum atomic E-state index is 13.5. The first-order chi connectivity index (χ1) is 9.63. The Morgan fingerprint density at radius 3 is 2.30 bits per heavy atom. The Hall–Kier alpha value is -1.00. The molecular weight excluding hydrogens is 258 g/mol. The third kappa shape index (κ3) is 1.81. The number of hydrogen-bond acceptors (Lipinski definition) is 2. The van der Waals surface area contributed by atoms with Crippen molar-refractivity contribution in [2.24, 2.45) is 5.92 Å². The van der Waals surface area contributed by atoms with Crippen LogP contribution in [0.15, 0.2) is 18.2 Å². The zero-order chi connectivity index (χ0) is 13.9. The molecule has 0 N–H and O–H groups in total. The van der Waals surface area contributed by atoms with Crippen LogP contribution in [0.3, 0.4) is 0 Å². The molecule has 2 nitrogen and oxygen atoms in total. The van der Waals surface area contributed by atoms with Gasteiger partial charge in [0.15, 0.2) is 0 Å². The fourth-order valence-corrected chi connectivity index (χ4v) is 4.80. The van der Waals surface area contributed by atoms with Crippen LogP contribution in [-0.2, 0) is 0 Å². The molecular formula is C16H20F2N2. The number of benzene rings is 1. The van der Waals surface area contributed by atoms with Crippen molar-refractivity contribution in [2.75, 3.05) is 26.7 Å². The summed E-state index contributed by atoms with van der Waals surface area (Å²) in [7, 11) is 2.16. The van der Waals surface area contributed by atoms with Crippen molar-refractivity contribution in [3.05, 3.63) is 35.4 Å². The fourth-order valence-electron chi connectivity index (χ4n) is 4.80. The van der Waals surface area contributed by atoms with Gasteiger partial charge in [-0.15, -0.1) is 0 Å². The van der Waals surface area contributed by atoms with Crippen LogP contribution >= 0.6 is 0 Å². The van der Waals surface area contributed by atoms with Crippen LogP contribution in [0.25, 0.3) is 0 Å².